The normalized spacial score (nSPS) is 17.8. The van der Waals surface area contributed by atoms with Crippen LogP contribution in [0, 0.1) is 6.92 Å². The molecule has 3 aromatic rings. The number of carbonyl (C=O) groups is 1. The number of aromatic amines is 1. The van der Waals surface area contributed by atoms with E-state index in [4.69, 9.17) is 0 Å². The van der Waals surface area contributed by atoms with Gasteiger partial charge in [0, 0.05) is 43.8 Å². The molecule has 2 N–H and O–H groups in total. The highest BCUT2D eigenvalue weighted by molar-refractivity contribution is 5.74. The van der Waals surface area contributed by atoms with Crippen molar-refractivity contribution in [3.63, 3.8) is 0 Å². The number of aromatic nitrogens is 4. The van der Waals surface area contributed by atoms with Crippen LogP contribution in [0.5, 0.6) is 0 Å². The molecular weight excluding hydrogens is 316 g/mol. The Morgan fingerprint density at radius 1 is 1.40 bits per heavy atom. The summed E-state index contributed by atoms with van der Waals surface area (Å²) in [6.45, 7) is 3.96. The van der Waals surface area contributed by atoms with Crippen LogP contribution < -0.4 is 5.32 Å². The number of aryl methyl sites for hydroxylation is 1. The van der Waals surface area contributed by atoms with Gasteiger partial charge >= 0.3 is 6.03 Å². The van der Waals surface area contributed by atoms with Gasteiger partial charge in [-0.3, -0.25) is 0 Å². The molecule has 4 rings (SSSR count). The summed E-state index contributed by atoms with van der Waals surface area (Å²) in [5, 5.41) is 2.99. The van der Waals surface area contributed by atoms with Gasteiger partial charge in [0.15, 0.2) is 0 Å². The van der Waals surface area contributed by atoms with E-state index in [9.17, 15) is 4.79 Å². The molecule has 7 nitrogen and oxygen atoms in total. The molecule has 1 aliphatic heterocycles. The molecule has 4 heterocycles. The molecule has 1 atom stereocenters. The fraction of sp³-hybridized carbons (Fsp3) is 0.389. The van der Waals surface area contributed by atoms with Gasteiger partial charge in [-0.25, -0.2) is 14.8 Å². The summed E-state index contributed by atoms with van der Waals surface area (Å²) in [4.78, 5) is 26.4. The number of hydrogen-bond donors (Lipinski definition) is 2. The molecule has 1 fully saturated rings. The molecule has 3 aromatic heterocycles. The molecule has 0 radical (unpaired) electrons. The maximum atomic E-state index is 12.5. The van der Waals surface area contributed by atoms with Crippen LogP contribution in [0.15, 0.2) is 36.9 Å². The van der Waals surface area contributed by atoms with Gasteiger partial charge in [-0.1, -0.05) is 6.07 Å². The van der Waals surface area contributed by atoms with Crippen LogP contribution in [0.1, 0.15) is 35.8 Å². The second-order valence-electron chi connectivity index (χ2n) is 6.62. The van der Waals surface area contributed by atoms with E-state index in [2.05, 4.69) is 20.3 Å². The number of nitrogens with one attached hydrogen (secondary N) is 2. The average Bonchev–Trinajstić information content (AvgIpc) is 3.29. The fourth-order valence-corrected chi connectivity index (χ4v) is 3.40. The molecule has 7 heteroatoms. The lowest BCUT2D eigenvalue weighted by atomic mass is 9.98. The number of hydrogen-bond acceptors (Lipinski definition) is 3. The summed E-state index contributed by atoms with van der Waals surface area (Å²) >= 11 is 0. The van der Waals surface area contributed by atoms with Crippen LogP contribution in [0.2, 0.25) is 0 Å². The molecule has 0 bridgehead atoms. The van der Waals surface area contributed by atoms with Gasteiger partial charge in [0.1, 0.15) is 11.5 Å². The fourth-order valence-electron chi connectivity index (χ4n) is 3.40. The molecule has 0 spiro atoms. The van der Waals surface area contributed by atoms with E-state index in [1.165, 1.54) is 5.56 Å². The molecule has 130 valence electrons. The van der Waals surface area contributed by atoms with Crippen molar-refractivity contribution < 1.29 is 4.79 Å². The van der Waals surface area contributed by atoms with Gasteiger partial charge in [0.2, 0.25) is 0 Å². The van der Waals surface area contributed by atoms with Crippen LogP contribution in [-0.4, -0.2) is 43.4 Å². The molecule has 2 amide bonds. The number of amides is 2. The van der Waals surface area contributed by atoms with E-state index in [-0.39, 0.29) is 11.9 Å². The minimum Gasteiger partial charge on any atom is -0.348 e. The van der Waals surface area contributed by atoms with E-state index in [1.807, 2.05) is 46.9 Å². The van der Waals surface area contributed by atoms with Crippen LogP contribution in [-0.2, 0) is 6.54 Å². The van der Waals surface area contributed by atoms with Crippen LogP contribution in [0.4, 0.5) is 4.79 Å². The third-order valence-corrected chi connectivity index (χ3v) is 4.68. The highest BCUT2D eigenvalue weighted by Gasteiger charge is 2.26. The van der Waals surface area contributed by atoms with Crippen molar-refractivity contribution in [3.8, 4) is 0 Å². The van der Waals surface area contributed by atoms with E-state index in [0.717, 1.165) is 36.6 Å². The summed E-state index contributed by atoms with van der Waals surface area (Å²) < 4.78 is 1.99. The van der Waals surface area contributed by atoms with E-state index in [0.29, 0.717) is 13.1 Å². The Labute approximate surface area is 146 Å². The van der Waals surface area contributed by atoms with Gasteiger partial charge < -0.3 is 19.6 Å². The number of rotatable bonds is 3. The number of nitrogens with zero attached hydrogens (tertiary/aromatic N) is 4. The maximum Gasteiger partial charge on any atom is 0.317 e. The number of H-pyrrole nitrogens is 1. The quantitative estimate of drug-likeness (QED) is 0.770. The first-order valence-corrected chi connectivity index (χ1v) is 8.65. The van der Waals surface area contributed by atoms with E-state index < -0.39 is 0 Å². The molecule has 0 unspecified atom stereocenters. The Hall–Kier alpha value is -2.83. The lowest BCUT2D eigenvalue weighted by Crippen LogP contribution is -2.44. The molecular formula is C18H22N6O. The molecule has 0 saturated carbocycles. The Kier molecular flexibility index (Phi) is 4.13. The first-order chi connectivity index (χ1) is 12.2. The molecule has 0 aromatic carbocycles. The van der Waals surface area contributed by atoms with Crippen molar-refractivity contribution in [1.82, 2.24) is 29.6 Å². The van der Waals surface area contributed by atoms with Gasteiger partial charge in [0.05, 0.1) is 12.2 Å². The van der Waals surface area contributed by atoms with Crippen molar-refractivity contribution in [2.24, 2.45) is 0 Å². The van der Waals surface area contributed by atoms with Gasteiger partial charge in [0.25, 0.3) is 0 Å². The number of likely N-dealkylation sites (tertiary alicyclic amines) is 1. The first kappa shape index (κ1) is 15.7. The van der Waals surface area contributed by atoms with Crippen LogP contribution in [0.3, 0.4) is 0 Å². The summed E-state index contributed by atoms with van der Waals surface area (Å²) in [7, 11) is 0. The zero-order chi connectivity index (χ0) is 17.2. The minimum absolute atomic E-state index is 0.0375. The molecule has 25 heavy (non-hydrogen) atoms. The highest BCUT2D eigenvalue weighted by atomic mass is 16.2. The molecule has 1 aliphatic rings. The third kappa shape index (κ3) is 3.35. The maximum absolute atomic E-state index is 12.5. The van der Waals surface area contributed by atoms with Crippen LogP contribution in [0.25, 0.3) is 5.65 Å². The number of carbonyl (C=O) groups excluding carboxylic acids is 1. The Balaban J connectivity index is 1.37. The topological polar surface area (TPSA) is 78.3 Å². The largest absolute Gasteiger partial charge is 0.348 e. The number of pyridine rings is 1. The zero-order valence-corrected chi connectivity index (χ0v) is 14.3. The smallest absolute Gasteiger partial charge is 0.317 e. The Morgan fingerprint density at radius 2 is 2.32 bits per heavy atom. The Morgan fingerprint density at radius 3 is 3.16 bits per heavy atom. The standard InChI is InChI=1S/C18H22N6O/c1-13-4-5-16-22-15(12-24(16)10-13)9-21-18(25)23-8-2-3-14(11-23)17-19-6-7-20-17/h4-7,10,12,14H,2-3,8-9,11H2,1H3,(H,19,20)(H,21,25)/t14-/m1/s1. The van der Waals surface area contributed by atoms with E-state index in [1.54, 1.807) is 6.20 Å². The second-order valence-corrected chi connectivity index (χ2v) is 6.62. The summed E-state index contributed by atoms with van der Waals surface area (Å²) in [6.07, 6.45) is 9.64. The first-order valence-electron chi connectivity index (χ1n) is 8.65. The monoisotopic (exact) mass is 338 g/mol. The van der Waals surface area contributed by atoms with Gasteiger partial charge in [-0.2, -0.15) is 0 Å². The average molecular weight is 338 g/mol. The highest BCUT2D eigenvalue weighted by Crippen LogP contribution is 2.24. The lowest BCUT2D eigenvalue weighted by Gasteiger charge is -2.31. The molecule has 0 aliphatic carbocycles. The third-order valence-electron chi connectivity index (χ3n) is 4.68. The Bertz CT molecular complexity index is 869. The van der Waals surface area contributed by atoms with Gasteiger partial charge in [-0.05, 0) is 31.4 Å². The SMILES string of the molecule is Cc1ccc2nc(CNC(=O)N3CCC[C@@H](c4ncc[nH]4)C3)cn2c1. The summed E-state index contributed by atoms with van der Waals surface area (Å²) in [5.74, 6) is 1.25. The molecule has 1 saturated heterocycles. The number of imidazole rings is 2. The predicted molar refractivity (Wildman–Crippen MR) is 94.3 cm³/mol. The van der Waals surface area contributed by atoms with E-state index >= 15 is 0 Å². The van der Waals surface area contributed by atoms with Crippen molar-refractivity contribution in [2.75, 3.05) is 13.1 Å². The number of piperidine rings is 1. The number of fused-ring (bicyclic) bond motifs is 1. The lowest BCUT2D eigenvalue weighted by molar-refractivity contribution is 0.178. The van der Waals surface area contributed by atoms with Crippen molar-refractivity contribution in [1.29, 1.82) is 0 Å². The van der Waals surface area contributed by atoms with Crippen molar-refractivity contribution >= 4 is 11.7 Å². The van der Waals surface area contributed by atoms with Crippen molar-refractivity contribution in [2.45, 2.75) is 32.2 Å². The summed E-state index contributed by atoms with van der Waals surface area (Å²) in [5.41, 5.74) is 2.93. The zero-order valence-electron chi connectivity index (χ0n) is 14.3. The predicted octanol–water partition coefficient (Wildman–Crippen LogP) is 2.46. The van der Waals surface area contributed by atoms with Crippen molar-refractivity contribution in [3.05, 3.63) is 54.0 Å². The summed E-state index contributed by atoms with van der Waals surface area (Å²) in [6, 6.07) is 3.98. The van der Waals surface area contributed by atoms with Crippen LogP contribution >= 0.6 is 0 Å². The minimum atomic E-state index is -0.0375. The van der Waals surface area contributed by atoms with Gasteiger partial charge in [-0.15, -0.1) is 0 Å². The number of urea groups is 1. The second kappa shape index (κ2) is 6.58.